The lowest BCUT2D eigenvalue weighted by atomic mass is 10.2. The molecule has 3 aromatic carbocycles. The Hall–Kier alpha value is -3.23. The molecule has 9 heteroatoms. The number of sulfonamides is 1. The first kappa shape index (κ1) is 23.9. The van der Waals surface area contributed by atoms with Crippen LogP contribution < -0.4 is 19.1 Å². The number of hydrogen-bond acceptors (Lipinski definition) is 5. The van der Waals surface area contributed by atoms with Gasteiger partial charge in [-0.1, -0.05) is 47.5 Å². The van der Waals surface area contributed by atoms with Crippen LogP contribution in [0.2, 0.25) is 5.02 Å². The lowest BCUT2D eigenvalue weighted by Crippen LogP contribution is -2.51. The number of nitrogens with one attached hydrogen (secondary N) is 1. The van der Waals surface area contributed by atoms with Crippen LogP contribution in [0.25, 0.3) is 0 Å². The summed E-state index contributed by atoms with van der Waals surface area (Å²) in [6.45, 7) is 4.08. The van der Waals surface area contributed by atoms with Gasteiger partial charge in [0, 0.05) is 5.02 Å². The molecule has 0 spiro atoms. The van der Waals surface area contributed by atoms with Gasteiger partial charge in [-0.3, -0.25) is 9.10 Å². The van der Waals surface area contributed by atoms with E-state index in [0.29, 0.717) is 22.2 Å². The number of para-hydroxylation sites is 2. The highest BCUT2D eigenvalue weighted by Gasteiger charge is 2.37. The maximum absolute atomic E-state index is 13.4. The van der Waals surface area contributed by atoms with Crippen LogP contribution in [0.4, 0.5) is 5.69 Å². The number of anilines is 1. The number of carbonyl (C=O) groups is 1. The van der Waals surface area contributed by atoms with Crippen LogP contribution in [0, 0.1) is 13.8 Å². The quantitative estimate of drug-likeness (QED) is 0.493. The molecule has 7 nitrogen and oxygen atoms in total. The summed E-state index contributed by atoms with van der Waals surface area (Å²) >= 11 is 6.10. The lowest BCUT2D eigenvalue weighted by molar-refractivity contribution is -0.127. The number of ether oxygens (including phenoxy) is 2. The third-order valence-corrected chi connectivity index (χ3v) is 7.65. The van der Waals surface area contributed by atoms with Gasteiger partial charge in [0.2, 0.25) is 0 Å². The lowest BCUT2D eigenvalue weighted by Gasteiger charge is -2.34. The summed E-state index contributed by atoms with van der Waals surface area (Å²) in [5, 5.41) is 3.36. The van der Waals surface area contributed by atoms with Gasteiger partial charge in [-0.15, -0.1) is 0 Å². The molecule has 1 aliphatic rings. The Morgan fingerprint density at radius 1 is 1.12 bits per heavy atom. The first-order valence-corrected chi connectivity index (χ1v) is 12.6. The Bertz CT molecular complexity index is 1290. The molecule has 0 fully saturated rings. The molecule has 0 aromatic heterocycles. The Labute approximate surface area is 204 Å². The highest BCUT2D eigenvalue weighted by atomic mass is 35.5. The first-order valence-electron chi connectivity index (χ1n) is 10.8. The normalized spacial score (nSPS) is 15.3. The van der Waals surface area contributed by atoms with Crippen molar-refractivity contribution in [3.63, 3.8) is 0 Å². The number of aryl methyl sites for hydroxylation is 2. The number of benzene rings is 3. The second-order valence-electron chi connectivity index (χ2n) is 7.97. The zero-order valence-electron chi connectivity index (χ0n) is 18.8. The van der Waals surface area contributed by atoms with E-state index in [9.17, 15) is 13.2 Å². The summed E-state index contributed by atoms with van der Waals surface area (Å²) < 4.78 is 39.5. The second kappa shape index (κ2) is 9.95. The molecule has 4 rings (SSSR count). The first-order chi connectivity index (χ1) is 16.3. The Balaban J connectivity index is 1.45. The molecule has 0 saturated heterocycles. The van der Waals surface area contributed by atoms with Crippen LogP contribution in [0.5, 0.6) is 11.5 Å². The predicted octanol–water partition coefficient (Wildman–Crippen LogP) is 4.11. The molecule has 0 saturated carbocycles. The van der Waals surface area contributed by atoms with Gasteiger partial charge in [-0.05, 0) is 55.8 Å². The third kappa shape index (κ3) is 5.13. The van der Waals surface area contributed by atoms with Crippen molar-refractivity contribution in [2.45, 2.75) is 24.8 Å². The molecule has 1 atom stereocenters. The van der Waals surface area contributed by atoms with E-state index in [1.807, 2.05) is 19.9 Å². The van der Waals surface area contributed by atoms with Gasteiger partial charge < -0.3 is 14.8 Å². The SMILES string of the molecule is Cc1ccc(S(=O)(=O)N2C[C@@H](C(=O)NCCOc3ccc(C)c(Cl)c3)Oc3ccccc32)cc1. The topological polar surface area (TPSA) is 84.9 Å². The van der Waals surface area contributed by atoms with Gasteiger partial charge in [-0.2, -0.15) is 0 Å². The molecular formula is C25H25ClN2O5S. The van der Waals surface area contributed by atoms with Crippen LogP contribution in [0.15, 0.2) is 71.6 Å². The molecule has 0 aliphatic carbocycles. The molecule has 1 heterocycles. The van der Waals surface area contributed by atoms with Gasteiger partial charge in [0.05, 0.1) is 23.7 Å². The van der Waals surface area contributed by atoms with Crippen molar-refractivity contribution in [3.8, 4) is 11.5 Å². The molecule has 0 radical (unpaired) electrons. The minimum absolute atomic E-state index is 0.145. The van der Waals surface area contributed by atoms with Crippen LogP contribution >= 0.6 is 11.6 Å². The van der Waals surface area contributed by atoms with E-state index in [-0.39, 0.29) is 24.6 Å². The number of amides is 1. The van der Waals surface area contributed by atoms with Crippen molar-refractivity contribution in [2.75, 3.05) is 24.0 Å². The molecule has 0 unspecified atom stereocenters. The van der Waals surface area contributed by atoms with E-state index in [1.54, 1.807) is 60.7 Å². The van der Waals surface area contributed by atoms with Gasteiger partial charge in [0.15, 0.2) is 6.10 Å². The second-order valence-corrected chi connectivity index (χ2v) is 10.2. The number of hydrogen-bond donors (Lipinski definition) is 1. The van der Waals surface area contributed by atoms with Gasteiger partial charge in [-0.25, -0.2) is 8.42 Å². The maximum Gasteiger partial charge on any atom is 0.264 e. The van der Waals surface area contributed by atoms with Crippen molar-refractivity contribution in [1.29, 1.82) is 0 Å². The molecule has 1 aliphatic heterocycles. The smallest absolute Gasteiger partial charge is 0.264 e. The van der Waals surface area contributed by atoms with Crippen molar-refractivity contribution in [3.05, 3.63) is 82.9 Å². The summed E-state index contributed by atoms with van der Waals surface area (Å²) in [4.78, 5) is 13.0. The van der Waals surface area contributed by atoms with Gasteiger partial charge in [0.1, 0.15) is 18.1 Å². The van der Waals surface area contributed by atoms with Crippen molar-refractivity contribution < 1.29 is 22.7 Å². The largest absolute Gasteiger partial charge is 0.492 e. The summed E-state index contributed by atoms with van der Waals surface area (Å²) in [6, 6.07) is 18.8. The minimum Gasteiger partial charge on any atom is -0.492 e. The summed E-state index contributed by atoms with van der Waals surface area (Å²) in [5.41, 5.74) is 2.29. The van der Waals surface area contributed by atoms with Crippen LogP contribution in [-0.4, -0.2) is 40.1 Å². The standard InChI is InChI=1S/C25H25ClN2O5S/c1-17-7-11-20(12-8-17)34(30,31)28-16-24(33-23-6-4-3-5-22(23)28)25(29)27-13-14-32-19-10-9-18(2)21(26)15-19/h3-12,15,24H,13-14,16H2,1-2H3,(H,27,29)/t24-/m0/s1. The van der Waals surface area contributed by atoms with E-state index in [1.165, 1.54) is 4.31 Å². The molecular weight excluding hydrogens is 476 g/mol. The highest BCUT2D eigenvalue weighted by Crippen LogP contribution is 2.36. The zero-order chi connectivity index (χ0) is 24.3. The molecule has 34 heavy (non-hydrogen) atoms. The van der Waals surface area contributed by atoms with Gasteiger partial charge in [0.25, 0.3) is 15.9 Å². The Kier molecular flexibility index (Phi) is 7.00. The van der Waals surface area contributed by atoms with Crippen molar-refractivity contribution >= 4 is 33.2 Å². The number of rotatable bonds is 7. The fraction of sp³-hybridized carbons (Fsp3) is 0.240. The number of carbonyl (C=O) groups excluding carboxylic acids is 1. The van der Waals surface area contributed by atoms with Crippen LogP contribution in [0.1, 0.15) is 11.1 Å². The van der Waals surface area contributed by atoms with Gasteiger partial charge >= 0.3 is 0 Å². The molecule has 1 N–H and O–H groups in total. The highest BCUT2D eigenvalue weighted by molar-refractivity contribution is 7.92. The van der Waals surface area contributed by atoms with E-state index >= 15 is 0 Å². The molecule has 178 valence electrons. The fourth-order valence-corrected chi connectivity index (χ4v) is 5.17. The Morgan fingerprint density at radius 3 is 2.59 bits per heavy atom. The predicted molar refractivity (Wildman–Crippen MR) is 131 cm³/mol. The number of fused-ring (bicyclic) bond motifs is 1. The molecule has 0 bridgehead atoms. The Morgan fingerprint density at radius 2 is 1.85 bits per heavy atom. The monoisotopic (exact) mass is 500 g/mol. The fourth-order valence-electron chi connectivity index (χ4n) is 3.52. The average Bonchev–Trinajstić information content (AvgIpc) is 2.83. The van der Waals surface area contributed by atoms with Crippen molar-refractivity contribution in [1.82, 2.24) is 5.32 Å². The molecule has 3 aromatic rings. The van der Waals surface area contributed by atoms with E-state index in [2.05, 4.69) is 5.32 Å². The average molecular weight is 501 g/mol. The van der Waals surface area contributed by atoms with E-state index < -0.39 is 22.0 Å². The third-order valence-electron chi connectivity index (χ3n) is 5.45. The number of halogens is 1. The van der Waals surface area contributed by atoms with Crippen molar-refractivity contribution in [2.24, 2.45) is 0 Å². The zero-order valence-corrected chi connectivity index (χ0v) is 20.4. The summed E-state index contributed by atoms with van der Waals surface area (Å²) in [7, 11) is -3.89. The van der Waals surface area contributed by atoms with E-state index in [0.717, 1.165) is 11.1 Å². The summed E-state index contributed by atoms with van der Waals surface area (Å²) in [5.74, 6) is 0.502. The number of nitrogens with zero attached hydrogens (tertiary/aromatic N) is 1. The van der Waals surface area contributed by atoms with Crippen LogP contribution in [-0.2, 0) is 14.8 Å². The summed E-state index contributed by atoms with van der Waals surface area (Å²) in [6.07, 6.45) is -1.01. The van der Waals surface area contributed by atoms with E-state index in [4.69, 9.17) is 21.1 Å². The van der Waals surface area contributed by atoms with Crippen LogP contribution in [0.3, 0.4) is 0 Å². The molecule has 1 amide bonds. The minimum atomic E-state index is -3.89. The maximum atomic E-state index is 13.4.